The normalized spacial score (nSPS) is 17.5. The Bertz CT molecular complexity index is 1340. The zero-order valence-electron chi connectivity index (χ0n) is 22.8. The Hall–Kier alpha value is -4.47. The number of pyridine rings is 2. The van der Waals surface area contributed by atoms with E-state index in [0.29, 0.717) is 43.2 Å². The van der Waals surface area contributed by atoms with Gasteiger partial charge in [-0.25, -0.2) is 19.7 Å². The lowest BCUT2D eigenvalue weighted by Crippen LogP contribution is -2.46. The van der Waals surface area contributed by atoms with Gasteiger partial charge in [0, 0.05) is 57.1 Å². The number of ether oxygens (including phenoxy) is 3. The minimum absolute atomic E-state index is 0.0309. The van der Waals surface area contributed by atoms with Gasteiger partial charge in [0.05, 0.1) is 11.9 Å². The molecule has 0 unspecified atom stereocenters. The fourth-order valence-corrected chi connectivity index (χ4v) is 4.76. The monoisotopic (exact) mass is 544 g/mol. The minimum atomic E-state index is -0.503. The molecule has 40 heavy (non-hydrogen) atoms. The number of hydrogen-bond acceptors (Lipinski definition) is 8. The molecule has 2 saturated heterocycles. The lowest BCUT2D eigenvalue weighted by molar-refractivity contribution is -0.132. The molecule has 2 fully saturated rings. The summed E-state index contributed by atoms with van der Waals surface area (Å²) < 4.78 is 17.3. The molecule has 1 aromatic carbocycles. The zero-order valence-corrected chi connectivity index (χ0v) is 22.8. The van der Waals surface area contributed by atoms with Gasteiger partial charge in [0.2, 0.25) is 23.6 Å². The highest BCUT2D eigenvalue weighted by Gasteiger charge is 2.38. The van der Waals surface area contributed by atoms with Gasteiger partial charge in [0.25, 0.3) is 0 Å². The molecule has 2 aliphatic heterocycles. The van der Waals surface area contributed by atoms with Gasteiger partial charge in [-0.05, 0) is 48.2 Å². The summed E-state index contributed by atoms with van der Waals surface area (Å²) in [5.41, 5.74) is 1.08. The van der Waals surface area contributed by atoms with E-state index in [-0.39, 0.29) is 42.1 Å². The standard InChI is InChI=1S/C30H32N4O6/c1-20-4-10-25(31-18-20)39-23-8-6-22(7-9-23)38-24-12-14-33(15-13-24)29(37)40-26-11-5-21(19-32-26)34-27(35)16-30(2,3)17-28(34)36/h4-11,18-19,24H,12-17H2,1-3H3. The van der Waals surface area contributed by atoms with Crippen molar-refractivity contribution in [2.45, 2.75) is 52.6 Å². The Morgan fingerprint density at radius 1 is 0.850 bits per heavy atom. The summed E-state index contributed by atoms with van der Waals surface area (Å²) >= 11 is 0. The maximum atomic E-state index is 12.7. The van der Waals surface area contributed by atoms with E-state index in [9.17, 15) is 14.4 Å². The van der Waals surface area contributed by atoms with Gasteiger partial charge in [-0.2, -0.15) is 0 Å². The van der Waals surface area contributed by atoms with Crippen molar-refractivity contribution >= 4 is 23.6 Å². The molecule has 0 bridgehead atoms. The molecule has 0 saturated carbocycles. The molecule has 208 valence electrons. The average molecular weight is 545 g/mol. The number of nitrogens with zero attached hydrogens (tertiary/aromatic N) is 4. The topological polar surface area (TPSA) is 111 Å². The highest BCUT2D eigenvalue weighted by atomic mass is 16.6. The lowest BCUT2D eigenvalue weighted by Gasteiger charge is -2.34. The van der Waals surface area contributed by atoms with Gasteiger partial charge in [-0.15, -0.1) is 0 Å². The average Bonchev–Trinajstić information content (AvgIpc) is 2.91. The first-order chi connectivity index (χ1) is 19.1. The van der Waals surface area contributed by atoms with Gasteiger partial charge < -0.3 is 19.1 Å². The molecule has 0 N–H and O–H groups in total. The number of likely N-dealkylation sites (tertiary alicyclic amines) is 1. The molecule has 2 aromatic heterocycles. The molecule has 0 atom stereocenters. The van der Waals surface area contributed by atoms with Crippen molar-refractivity contribution in [2.24, 2.45) is 5.41 Å². The van der Waals surface area contributed by atoms with Gasteiger partial charge >= 0.3 is 6.09 Å². The van der Waals surface area contributed by atoms with Crippen molar-refractivity contribution in [3.63, 3.8) is 0 Å². The number of anilines is 1. The van der Waals surface area contributed by atoms with Gasteiger partial charge in [-0.3, -0.25) is 9.59 Å². The molecule has 10 heteroatoms. The van der Waals surface area contributed by atoms with Crippen LogP contribution in [0.4, 0.5) is 10.5 Å². The third-order valence-corrected chi connectivity index (χ3v) is 6.86. The summed E-state index contributed by atoms with van der Waals surface area (Å²) in [6.07, 6.45) is 4.47. The molecule has 3 amide bonds. The molecule has 3 aromatic rings. The first-order valence-corrected chi connectivity index (χ1v) is 13.3. The number of carbonyl (C=O) groups is 3. The fourth-order valence-electron chi connectivity index (χ4n) is 4.76. The molecule has 10 nitrogen and oxygen atoms in total. The number of benzene rings is 1. The van der Waals surface area contributed by atoms with Gasteiger partial charge in [0.1, 0.15) is 17.6 Å². The lowest BCUT2D eigenvalue weighted by atomic mass is 9.81. The van der Waals surface area contributed by atoms with E-state index >= 15 is 0 Å². The van der Waals surface area contributed by atoms with Crippen LogP contribution in [0.1, 0.15) is 45.1 Å². The van der Waals surface area contributed by atoms with Crippen LogP contribution < -0.4 is 19.1 Å². The Kier molecular flexibility index (Phi) is 7.68. The quantitative estimate of drug-likeness (QED) is 0.385. The van der Waals surface area contributed by atoms with Crippen molar-refractivity contribution < 1.29 is 28.6 Å². The second kappa shape index (κ2) is 11.3. The highest BCUT2D eigenvalue weighted by Crippen LogP contribution is 2.34. The second-order valence-corrected chi connectivity index (χ2v) is 10.9. The zero-order chi connectivity index (χ0) is 28.3. The van der Waals surface area contributed by atoms with Crippen LogP contribution in [0.25, 0.3) is 0 Å². The number of hydrogen-bond donors (Lipinski definition) is 0. The van der Waals surface area contributed by atoms with E-state index in [4.69, 9.17) is 14.2 Å². The number of imide groups is 1. The van der Waals surface area contributed by atoms with Crippen LogP contribution >= 0.6 is 0 Å². The SMILES string of the molecule is Cc1ccc(Oc2ccc(OC3CCN(C(=O)Oc4ccc(N5C(=O)CC(C)(C)CC5=O)cn4)CC3)cc2)nc1. The summed E-state index contributed by atoms with van der Waals surface area (Å²) in [7, 11) is 0. The molecular formula is C30H32N4O6. The van der Waals surface area contributed by atoms with Crippen molar-refractivity contribution in [1.29, 1.82) is 0 Å². The summed E-state index contributed by atoms with van der Waals surface area (Å²) in [5.74, 6) is 1.50. The van der Waals surface area contributed by atoms with Gasteiger partial charge in [0.15, 0.2) is 0 Å². The number of aryl methyl sites for hydroxylation is 1. The fraction of sp³-hybridized carbons (Fsp3) is 0.367. The van der Waals surface area contributed by atoms with E-state index in [1.54, 1.807) is 17.2 Å². The van der Waals surface area contributed by atoms with Crippen LogP contribution in [0.15, 0.2) is 60.9 Å². The molecule has 0 radical (unpaired) electrons. The Morgan fingerprint density at radius 2 is 1.48 bits per heavy atom. The molecule has 0 aliphatic carbocycles. The van der Waals surface area contributed by atoms with E-state index in [1.165, 1.54) is 12.3 Å². The van der Waals surface area contributed by atoms with Crippen molar-refractivity contribution in [1.82, 2.24) is 14.9 Å². The first-order valence-electron chi connectivity index (χ1n) is 13.3. The third-order valence-electron chi connectivity index (χ3n) is 6.86. The number of rotatable bonds is 6. The molecule has 2 aliphatic rings. The van der Waals surface area contributed by atoms with Crippen LogP contribution in [0, 0.1) is 12.3 Å². The Balaban J connectivity index is 1.08. The van der Waals surface area contributed by atoms with Crippen molar-refractivity contribution in [2.75, 3.05) is 18.0 Å². The Labute approximate surface area is 232 Å². The van der Waals surface area contributed by atoms with Crippen molar-refractivity contribution in [3.8, 4) is 23.3 Å². The van der Waals surface area contributed by atoms with E-state index in [0.717, 1.165) is 16.2 Å². The second-order valence-electron chi connectivity index (χ2n) is 10.9. The van der Waals surface area contributed by atoms with Crippen LogP contribution in [-0.2, 0) is 9.59 Å². The summed E-state index contributed by atoms with van der Waals surface area (Å²) in [6, 6.07) is 14.2. The van der Waals surface area contributed by atoms with E-state index in [1.807, 2.05) is 57.2 Å². The van der Waals surface area contributed by atoms with E-state index in [2.05, 4.69) is 9.97 Å². The Morgan fingerprint density at radius 3 is 2.08 bits per heavy atom. The third kappa shape index (κ3) is 6.56. The van der Waals surface area contributed by atoms with E-state index < -0.39 is 6.09 Å². The van der Waals surface area contributed by atoms with Crippen molar-refractivity contribution in [3.05, 3.63) is 66.5 Å². The number of carbonyl (C=O) groups excluding carboxylic acids is 3. The first kappa shape index (κ1) is 27.1. The molecule has 4 heterocycles. The number of piperidine rings is 2. The maximum absolute atomic E-state index is 12.7. The maximum Gasteiger partial charge on any atom is 0.416 e. The van der Waals surface area contributed by atoms with Crippen LogP contribution in [0.2, 0.25) is 0 Å². The minimum Gasteiger partial charge on any atom is -0.490 e. The smallest absolute Gasteiger partial charge is 0.416 e. The highest BCUT2D eigenvalue weighted by molar-refractivity contribution is 6.16. The van der Waals surface area contributed by atoms with Crippen LogP contribution in [0.5, 0.6) is 23.3 Å². The number of amides is 3. The predicted octanol–water partition coefficient (Wildman–Crippen LogP) is 5.30. The molecular weight excluding hydrogens is 512 g/mol. The van der Waals surface area contributed by atoms with Gasteiger partial charge in [-0.1, -0.05) is 19.9 Å². The summed E-state index contributed by atoms with van der Waals surface area (Å²) in [5, 5.41) is 0. The van der Waals surface area contributed by atoms with Crippen LogP contribution in [-0.4, -0.2) is 52.0 Å². The summed E-state index contributed by atoms with van der Waals surface area (Å²) in [4.78, 5) is 48.8. The predicted molar refractivity (Wildman–Crippen MR) is 146 cm³/mol. The molecule has 0 spiro atoms. The summed E-state index contributed by atoms with van der Waals surface area (Å²) in [6.45, 7) is 6.73. The molecule has 5 rings (SSSR count). The number of aromatic nitrogens is 2. The largest absolute Gasteiger partial charge is 0.490 e. The van der Waals surface area contributed by atoms with Crippen LogP contribution in [0.3, 0.4) is 0 Å².